The van der Waals surface area contributed by atoms with Crippen molar-refractivity contribution in [3.63, 3.8) is 0 Å². The molecule has 0 aliphatic carbocycles. The highest BCUT2D eigenvalue weighted by Gasteiger charge is 2.60. The second kappa shape index (κ2) is 9.29. The van der Waals surface area contributed by atoms with E-state index < -0.39 is 34.6 Å². The SMILES string of the molecule is Cn1nnnc1SCC1(C(=O)O)CS[C@@H]2C(N(C(=O)C=C(Cl)Cl)c3csc(N)n3)C(=O)N2C1. The predicted molar refractivity (Wildman–Crippen MR) is 125 cm³/mol. The second-order valence-corrected chi connectivity index (χ2v) is 11.2. The summed E-state index contributed by atoms with van der Waals surface area (Å²) in [7, 11) is 1.66. The molecule has 0 radical (unpaired) electrons. The molecule has 4 rings (SSSR count). The quantitative estimate of drug-likeness (QED) is 0.288. The molecule has 2 saturated heterocycles. The van der Waals surface area contributed by atoms with E-state index in [9.17, 15) is 19.5 Å². The third kappa shape index (κ3) is 4.51. The number of nitrogens with two attached hydrogens (primary N) is 1. The van der Waals surface area contributed by atoms with E-state index in [1.807, 2.05) is 0 Å². The lowest BCUT2D eigenvalue weighted by molar-refractivity contribution is -0.156. The van der Waals surface area contributed by atoms with Crippen LogP contribution in [0.15, 0.2) is 21.1 Å². The molecule has 0 bridgehead atoms. The van der Waals surface area contributed by atoms with E-state index in [1.54, 1.807) is 12.4 Å². The number of β-lactam (4-membered cyclic amide) rings is 1. The van der Waals surface area contributed by atoms with Gasteiger partial charge in [-0.25, -0.2) is 9.67 Å². The molecule has 3 N–H and O–H groups in total. The van der Waals surface area contributed by atoms with Crippen LogP contribution in [0.2, 0.25) is 0 Å². The maximum Gasteiger partial charge on any atom is 0.313 e. The van der Waals surface area contributed by atoms with Gasteiger partial charge in [0.05, 0.1) is 0 Å². The van der Waals surface area contributed by atoms with Crippen molar-refractivity contribution < 1.29 is 19.5 Å². The number of hydrogen-bond donors (Lipinski definition) is 2. The molecule has 12 nitrogen and oxygen atoms in total. The lowest BCUT2D eigenvalue weighted by Crippen LogP contribution is -2.74. The molecule has 0 saturated carbocycles. The van der Waals surface area contributed by atoms with E-state index in [0.717, 1.165) is 17.4 Å². The molecule has 2 amide bonds. The maximum atomic E-state index is 13.1. The third-order valence-electron chi connectivity index (χ3n) is 5.13. The van der Waals surface area contributed by atoms with E-state index in [2.05, 4.69) is 20.5 Å². The largest absolute Gasteiger partial charge is 0.481 e. The molecular formula is C16H16Cl2N8O4S3. The lowest BCUT2D eigenvalue weighted by atomic mass is 9.89. The first-order chi connectivity index (χ1) is 15.6. The summed E-state index contributed by atoms with van der Waals surface area (Å²) in [6.07, 6.45) is 0.981. The standard InChI is InChI=1S/C16H16Cl2N8O4S3/c1-24-15(21-22-23-24)33-6-16(13(29)30)4-25-11(28)10(12(25)32-5-16)26(9(27)2-7(17)18)8-3-31-14(19)20-8/h2-3,10,12H,4-6H2,1H3,(H2,19,20)(H,29,30)/t10?,12-,16?/m1/s1. The molecule has 2 aliphatic rings. The average molecular weight is 551 g/mol. The first-order valence-electron chi connectivity index (χ1n) is 9.20. The summed E-state index contributed by atoms with van der Waals surface area (Å²) in [4.78, 5) is 45.0. The number of carboxylic acid groups (broad SMARTS) is 1. The lowest BCUT2D eigenvalue weighted by Gasteiger charge is -2.55. The number of nitrogen functional groups attached to an aromatic ring is 1. The summed E-state index contributed by atoms with van der Waals surface area (Å²) < 4.78 is 1.18. The summed E-state index contributed by atoms with van der Waals surface area (Å²) in [5.74, 6) is -1.46. The number of thioether (sulfide) groups is 2. The number of carbonyl (C=O) groups excluding carboxylic acids is 2. The van der Waals surface area contributed by atoms with Crippen molar-refractivity contribution in [3.05, 3.63) is 15.9 Å². The molecule has 2 fully saturated rings. The minimum Gasteiger partial charge on any atom is -0.481 e. The molecule has 2 unspecified atom stereocenters. The summed E-state index contributed by atoms with van der Waals surface area (Å²) in [6.45, 7) is -0.0129. The van der Waals surface area contributed by atoms with Crippen LogP contribution in [0.4, 0.5) is 10.9 Å². The number of aliphatic carboxylic acids is 1. The molecule has 176 valence electrons. The molecule has 0 aromatic carbocycles. The molecule has 4 heterocycles. The van der Waals surface area contributed by atoms with Gasteiger partial charge in [0.1, 0.15) is 27.1 Å². The highest BCUT2D eigenvalue weighted by Crippen LogP contribution is 2.46. The van der Waals surface area contributed by atoms with Crippen LogP contribution < -0.4 is 10.6 Å². The van der Waals surface area contributed by atoms with E-state index in [-0.39, 0.29) is 33.5 Å². The normalized spacial score (nSPS) is 24.1. The predicted octanol–water partition coefficient (Wildman–Crippen LogP) is 1.05. The van der Waals surface area contributed by atoms with Crippen LogP contribution in [0, 0.1) is 5.41 Å². The van der Waals surface area contributed by atoms with Crippen LogP contribution in [-0.4, -0.2) is 82.4 Å². The number of fused-ring (bicyclic) bond motifs is 1. The zero-order chi connectivity index (χ0) is 23.9. The number of thiazole rings is 1. The van der Waals surface area contributed by atoms with Crippen molar-refractivity contribution in [2.24, 2.45) is 12.5 Å². The fraction of sp³-hybridized carbons (Fsp3) is 0.438. The van der Waals surface area contributed by atoms with Crippen LogP contribution >= 0.6 is 58.1 Å². The minimum atomic E-state index is -1.21. The highest BCUT2D eigenvalue weighted by atomic mass is 35.5. The van der Waals surface area contributed by atoms with Gasteiger partial charge >= 0.3 is 5.97 Å². The monoisotopic (exact) mass is 550 g/mol. The van der Waals surface area contributed by atoms with Gasteiger partial charge < -0.3 is 15.7 Å². The number of aromatic nitrogens is 5. The third-order valence-corrected chi connectivity index (χ3v) is 8.89. The zero-order valence-electron chi connectivity index (χ0n) is 16.8. The number of hydrogen-bond acceptors (Lipinski definition) is 11. The van der Waals surface area contributed by atoms with Crippen molar-refractivity contribution in [2.45, 2.75) is 16.6 Å². The van der Waals surface area contributed by atoms with E-state index in [0.29, 0.717) is 5.16 Å². The Morgan fingerprint density at radius 1 is 1.48 bits per heavy atom. The Hall–Kier alpha value is -2.07. The van der Waals surface area contributed by atoms with Gasteiger partial charge in [0.2, 0.25) is 11.1 Å². The number of rotatable bonds is 7. The summed E-state index contributed by atoms with van der Waals surface area (Å²) >= 11 is 14.9. The van der Waals surface area contributed by atoms with Crippen molar-refractivity contribution in [3.8, 4) is 0 Å². The Labute approximate surface area is 209 Å². The van der Waals surface area contributed by atoms with Gasteiger partial charge in [-0.3, -0.25) is 19.3 Å². The van der Waals surface area contributed by atoms with E-state index in [4.69, 9.17) is 28.9 Å². The maximum absolute atomic E-state index is 13.1. The average Bonchev–Trinajstić information content (AvgIpc) is 3.37. The Bertz CT molecular complexity index is 1140. The smallest absolute Gasteiger partial charge is 0.313 e. The topological polar surface area (TPSA) is 160 Å². The van der Waals surface area contributed by atoms with Gasteiger partial charge in [0.25, 0.3) is 5.91 Å². The highest BCUT2D eigenvalue weighted by molar-refractivity contribution is 8.00. The van der Waals surface area contributed by atoms with Crippen molar-refractivity contribution in [1.29, 1.82) is 0 Å². The summed E-state index contributed by atoms with van der Waals surface area (Å²) in [6, 6.07) is -0.893. The van der Waals surface area contributed by atoms with Gasteiger partial charge in [-0.1, -0.05) is 35.0 Å². The number of halogens is 2. The molecule has 33 heavy (non-hydrogen) atoms. The molecule has 2 aromatic rings. The van der Waals surface area contributed by atoms with Gasteiger partial charge in [0, 0.05) is 36.6 Å². The molecular weight excluding hydrogens is 535 g/mol. The van der Waals surface area contributed by atoms with Crippen LogP contribution in [0.25, 0.3) is 0 Å². The van der Waals surface area contributed by atoms with Gasteiger partial charge in [0.15, 0.2) is 5.13 Å². The second-order valence-electron chi connectivity index (χ2n) is 7.26. The Kier molecular flexibility index (Phi) is 6.77. The molecule has 2 aromatic heterocycles. The number of carboxylic acids is 1. The Balaban J connectivity index is 1.56. The number of amides is 2. The van der Waals surface area contributed by atoms with Crippen molar-refractivity contribution in [2.75, 3.05) is 28.7 Å². The number of carbonyl (C=O) groups is 3. The molecule has 3 atom stereocenters. The minimum absolute atomic E-state index is 0.0129. The summed E-state index contributed by atoms with van der Waals surface area (Å²) in [5, 5.41) is 22.9. The Morgan fingerprint density at radius 2 is 2.24 bits per heavy atom. The summed E-state index contributed by atoms with van der Waals surface area (Å²) in [5.41, 5.74) is 4.50. The van der Waals surface area contributed by atoms with Crippen LogP contribution in [0.1, 0.15) is 0 Å². The number of aryl methyl sites for hydroxylation is 1. The number of anilines is 2. The first-order valence-corrected chi connectivity index (χ1v) is 12.9. The van der Waals surface area contributed by atoms with Crippen LogP contribution in [0.3, 0.4) is 0 Å². The van der Waals surface area contributed by atoms with Crippen LogP contribution in [0.5, 0.6) is 0 Å². The molecule has 0 spiro atoms. The van der Waals surface area contributed by atoms with E-state index in [1.165, 1.54) is 38.0 Å². The zero-order valence-corrected chi connectivity index (χ0v) is 20.8. The van der Waals surface area contributed by atoms with Gasteiger partial charge in [-0.15, -0.1) is 28.2 Å². The fourth-order valence-electron chi connectivity index (χ4n) is 3.48. The van der Waals surface area contributed by atoms with Gasteiger partial charge in [-0.05, 0) is 10.4 Å². The first kappa shape index (κ1) is 24.1. The van der Waals surface area contributed by atoms with Crippen molar-refractivity contribution >= 4 is 86.8 Å². The van der Waals surface area contributed by atoms with Crippen molar-refractivity contribution in [1.82, 2.24) is 30.1 Å². The Morgan fingerprint density at radius 3 is 2.82 bits per heavy atom. The number of tetrazole rings is 1. The molecule has 2 aliphatic heterocycles. The van der Waals surface area contributed by atoms with E-state index >= 15 is 0 Å². The van der Waals surface area contributed by atoms with Gasteiger partial charge in [-0.2, -0.15) is 0 Å². The fourth-order valence-corrected chi connectivity index (χ4v) is 6.96. The molecule has 17 heteroatoms. The number of nitrogens with zero attached hydrogens (tertiary/aromatic N) is 7. The van der Waals surface area contributed by atoms with Crippen LogP contribution in [-0.2, 0) is 21.4 Å².